The van der Waals surface area contributed by atoms with Crippen molar-refractivity contribution in [3.63, 3.8) is 0 Å². The Morgan fingerprint density at radius 2 is 1.73 bits per heavy atom. The topological polar surface area (TPSA) is 50.7 Å². The number of aromatic nitrogens is 3. The molecule has 0 unspecified atom stereocenters. The summed E-state index contributed by atoms with van der Waals surface area (Å²) in [6.07, 6.45) is 0. The summed E-state index contributed by atoms with van der Waals surface area (Å²) >= 11 is 4.84. The smallest absolute Gasteiger partial charge is 0.283 e. The molecule has 0 bridgehead atoms. The summed E-state index contributed by atoms with van der Waals surface area (Å²) in [6.45, 7) is 0. The van der Waals surface area contributed by atoms with E-state index in [1.165, 1.54) is 22.4 Å². The molecular weight excluding hydrogens is 465 g/mol. The van der Waals surface area contributed by atoms with Crippen LogP contribution in [0.2, 0.25) is 0 Å². The van der Waals surface area contributed by atoms with Gasteiger partial charge in [0.2, 0.25) is 0 Å². The number of hydrogen-bond acceptors (Lipinski definition) is 3. The van der Waals surface area contributed by atoms with Gasteiger partial charge in [-0.3, -0.25) is 9.36 Å². The minimum Gasteiger partial charge on any atom is -0.349 e. The Kier molecular flexibility index (Phi) is 4.92. The highest BCUT2D eigenvalue weighted by Gasteiger charge is 2.19. The van der Waals surface area contributed by atoms with Crippen molar-refractivity contribution >= 4 is 49.6 Å². The molecule has 2 aromatic heterocycles. The standard InChI is InChI=1S/C23H15BrFN3OS/c24-15-11-9-14(10-12-15)13-30-23-27-20-16-5-1-3-7-18(16)26-21(20)22(29)28(23)19-8-4-2-6-17(19)25/h1-12,26H,13H2. The van der Waals surface area contributed by atoms with Gasteiger partial charge in [0, 0.05) is 21.1 Å². The van der Waals surface area contributed by atoms with E-state index in [0.717, 1.165) is 20.9 Å². The zero-order valence-electron chi connectivity index (χ0n) is 15.6. The normalized spacial score (nSPS) is 11.4. The number of rotatable bonds is 4. The van der Waals surface area contributed by atoms with E-state index in [0.29, 0.717) is 21.9 Å². The minimum absolute atomic E-state index is 0.189. The molecule has 0 radical (unpaired) electrons. The predicted molar refractivity (Wildman–Crippen MR) is 123 cm³/mol. The summed E-state index contributed by atoms with van der Waals surface area (Å²) < 4.78 is 17.0. The Hall–Kier alpha value is -2.90. The van der Waals surface area contributed by atoms with Crippen LogP contribution in [-0.2, 0) is 5.75 Å². The number of nitrogens with zero attached hydrogens (tertiary/aromatic N) is 2. The van der Waals surface area contributed by atoms with Gasteiger partial charge in [-0.25, -0.2) is 9.37 Å². The predicted octanol–water partition coefficient (Wildman–Crippen LogP) is 6.06. The first-order chi connectivity index (χ1) is 14.6. The van der Waals surface area contributed by atoms with Crippen LogP contribution in [0.3, 0.4) is 0 Å². The first-order valence-electron chi connectivity index (χ1n) is 9.27. The van der Waals surface area contributed by atoms with E-state index in [-0.39, 0.29) is 11.2 Å². The number of nitrogens with one attached hydrogen (secondary N) is 1. The highest BCUT2D eigenvalue weighted by atomic mass is 79.9. The second kappa shape index (κ2) is 7.74. The maximum atomic E-state index is 14.6. The van der Waals surface area contributed by atoms with Crippen LogP contribution >= 0.6 is 27.7 Å². The van der Waals surface area contributed by atoms with Crippen LogP contribution in [0, 0.1) is 5.82 Å². The van der Waals surface area contributed by atoms with Gasteiger partial charge in [0.15, 0.2) is 5.16 Å². The number of benzene rings is 3. The summed E-state index contributed by atoms with van der Waals surface area (Å²) in [5.41, 5.74) is 2.74. The van der Waals surface area contributed by atoms with Crippen LogP contribution in [0.4, 0.5) is 4.39 Å². The Morgan fingerprint density at radius 1 is 1.00 bits per heavy atom. The largest absolute Gasteiger partial charge is 0.349 e. The van der Waals surface area contributed by atoms with Gasteiger partial charge in [0.25, 0.3) is 5.56 Å². The summed E-state index contributed by atoms with van der Waals surface area (Å²) in [5.74, 6) is 0.129. The maximum Gasteiger partial charge on any atom is 0.283 e. The highest BCUT2D eigenvalue weighted by Crippen LogP contribution is 2.29. The second-order valence-corrected chi connectivity index (χ2v) is 8.65. The van der Waals surface area contributed by atoms with Gasteiger partial charge < -0.3 is 4.98 Å². The van der Waals surface area contributed by atoms with Gasteiger partial charge in [0.05, 0.1) is 5.69 Å². The van der Waals surface area contributed by atoms with Crippen LogP contribution in [0.25, 0.3) is 27.6 Å². The third-order valence-electron chi connectivity index (χ3n) is 4.87. The molecule has 0 aliphatic rings. The number of halogens is 2. The van der Waals surface area contributed by atoms with Crippen LogP contribution in [0.15, 0.2) is 87.2 Å². The molecule has 0 spiro atoms. The van der Waals surface area contributed by atoms with E-state index in [4.69, 9.17) is 4.98 Å². The highest BCUT2D eigenvalue weighted by molar-refractivity contribution is 9.10. The van der Waals surface area contributed by atoms with E-state index >= 15 is 0 Å². The average Bonchev–Trinajstić information content (AvgIpc) is 3.13. The fraction of sp³-hybridized carbons (Fsp3) is 0.0435. The van der Waals surface area contributed by atoms with Crippen molar-refractivity contribution in [1.82, 2.24) is 14.5 Å². The maximum absolute atomic E-state index is 14.6. The Labute approximate surface area is 183 Å². The lowest BCUT2D eigenvalue weighted by atomic mass is 10.2. The zero-order valence-corrected chi connectivity index (χ0v) is 18.0. The molecule has 2 heterocycles. The third kappa shape index (κ3) is 3.34. The van der Waals surface area contributed by atoms with Crippen molar-refractivity contribution in [1.29, 1.82) is 0 Å². The Morgan fingerprint density at radius 3 is 2.53 bits per heavy atom. The summed E-state index contributed by atoms with van der Waals surface area (Å²) in [5, 5.41) is 1.32. The van der Waals surface area contributed by atoms with Crippen molar-refractivity contribution in [2.45, 2.75) is 10.9 Å². The number of para-hydroxylation sites is 2. The molecule has 0 amide bonds. The number of aromatic amines is 1. The average molecular weight is 480 g/mol. The first-order valence-corrected chi connectivity index (χ1v) is 11.1. The van der Waals surface area contributed by atoms with E-state index < -0.39 is 5.82 Å². The summed E-state index contributed by atoms with van der Waals surface area (Å²) in [7, 11) is 0. The number of hydrogen-bond donors (Lipinski definition) is 1. The molecule has 30 heavy (non-hydrogen) atoms. The molecule has 0 fully saturated rings. The molecule has 0 saturated heterocycles. The lowest BCUT2D eigenvalue weighted by Crippen LogP contribution is -2.22. The molecule has 7 heteroatoms. The SMILES string of the molecule is O=c1c2[nH]c3ccccc3c2nc(SCc2ccc(Br)cc2)n1-c1ccccc1F. The Bertz CT molecular complexity index is 1440. The lowest BCUT2D eigenvalue weighted by molar-refractivity contribution is 0.608. The Balaban J connectivity index is 1.72. The van der Waals surface area contributed by atoms with Gasteiger partial charge in [-0.05, 0) is 35.9 Å². The zero-order chi connectivity index (χ0) is 20.7. The molecule has 0 aliphatic carbocycles. The van der Waals surface area contributed by atoms with Crippen molar-refractivity contribution in [2.24, 2.45) is 0 Å². The molecule has 3 aromatic carbocycles. The van der Waals surface area contributed by atoms with E-state index in [1.807, 2.05) is 48.5 Å². The van der Waals surface area contributed by atoms with E-state index in [2.05, 4.69) is 20.9 Å². The monoisotopic (exact) mass is 479 g/mol. The van der Waals surface area contributed by atoms with Crippen molar-refractivity contribution in [3.05, 3.63) is 99.0 Å². The lowest BCUT2D eigenvalue weighted by Gasteiger charge is -2.13. The molecular formula is C23H15BrFN3OS. The molecule has 5 aromatic rings. The van der Waals surface area contributed by atoms with Crippen LogP contribution in [-0.4, -0.2) is 14.5 Å². The third-order valence-corrected chi connectivity index (χ3v) is 6.41. The minimum atomic E-state index is -0.470. The summed E-state index contributed by atoms with van der Waals surface area (Å²) in [4.78, 5) is 21.4. The van der Waals surface area contributed by atoms with Gasteiger partial charge in [0.1, 0.15) is 16.9 Å². The molecule has 0 atom stereocenters. The molecule has 4 nitrogen and oxygen atoms in total. The fourth-order valence-corrected chi connectivity index (χ4v) is 4.63. The van der Waals surface area contributed by atoms with Crippen molar-refractivity contribution in [3.8, 4) is 5.69 Å². The fourth-order valence-electron chi connectivity index (χ4n) is 3.41. The van der Waals surface area contributed by atoms with Crippen LogP contribution in [0.5, 0.6) is 0 Å². The summed E-state index contributed by atoms with van der Waals surface area (Å²) in [6, 6.07) is 21.8. The van der Waals surface area contributed by atoms with E-state index in [9.17, 15) is 9.18 Å². The first kappa shape index (κ1) is 19.1. The van der Waals surface area contributed by atoms with Gasteiger partial charge >= 0.3 is 0 Å². The second-order valence-electron chi connectivity index (χ2n) is 6.80. The molecule has 1 N–H and O–H groups in total. The van der Waals surface area contributed by atoms with E-state index in [1.54, 1.807) is 18.2 Å². The molecule has 5 rings (SSSR count). The van der Waals surface area contributed by atoms with Crippen molar-refractivity contribution < 1.29 is 4.39 Å². The van der Waals surface area contributed by atoms with Crippen LogP contribution in [0.1, 0.15) is 5.56 Å². The number of H-pyrrole nitrogens is 1. The van der Waals surface area contributed by atoms with Crippen molar-refractivity contribution in [2.75, 3.05) is 0 Å². The molecule has 0 saturated carbocycles. The molecule has 148 valence electrons. The quantitative estimate of drug-likeness (QED) is 0.251. The van der Waals surface area contributed by atoms with Crippen LogP contribution < -0.4 is 5.56 Å². The molecule has 0 aliphatic heterocycles. The number of fused-ring (bicyclic) bond motifs is 3. The van der Waals surface area contributed by atoms with Gasteiger partial charge in [-0.15, -0.1) is 0 Å². The van der Waals surface area contributed by atoms with Gasteiger partial charge in [-0.1, -0.05) is 70.2 Å². The number of thioether (sulfide) groups is 1. The van der Waals surface area contributed by atoms with Gasteiger partial charge in [-0.2, -0.15) is 0 Å².